The maximum absolute atomic E-state index is 5.47. The lowest BCUT2D eigenvalue weighted by molar-refractivity contribution is 0.107. The maximum Gasteiger partial charge on any atom is 0.0925 e. The fraction of sp³-hybridized carbons (Fsp3) is 0.750. The number of aromatic amines is 1. The first-order valence-electron chi connectivity index (χ1n) is 5.95. The minimum atomic E-state index is 0.385. The Bertz CT molecular complexity index is 296. The summed E-state index contributed by atoms with van der Waals surface area (Å²) in [5.41, 5.74) is 2.22. The van der Waals surface area contributed by atoms with Crippen LogP contribution in [-0.2, 0) is 11.3 Å². The number of H-pyrrole nitrogens is 1. The van der Waals surface area contributed by atoms with E-state index in [0.717, 1.165) is 31.1 Å². The summed E-state index contributed by atoms with van der Waals surface area (Å²) < 4.78 is 5.47. The molecule has 2 N–H and O–H groups in total. The highest BCUT2D eigenvalue weighted by atomic mass is 16.5. The van der Waals surface area contributed by atoms with E-state index in [1.165, 1.54) is 0 Å². The number of imidazole rings is 1. The lowest BCUT2D eigenvalue weighted by atomic mass is 10.1. The van der Waals surface area contributed by atoms with Crippen molar-refractivity contribution >= 4 is 0 Å². The van der Waals surface area contributed by atoms with Crippen LogP contribution < -0.4 is 5.32 Å². The molecular formula is C12H23N3O. The molecule has 0 saturated heterocycles. The number of nitrogens with zero attached hydrogens (tertiary/aromatic N) is 1. The minimum absolute atomic E-state index is 0.385. The molecule has 0 aliphatic rings. The van der Waals surface area contributed by atoms with Gasteiger partial charge in [-0.05, 0) is 19.8 Å². The quantitative estimate of drug-likeness (QED) is 0.745. The van der Waals surface area contributed by atoms with Gasteiger partial charge in [0.25, 0.3) is 0 Å². The van der Waals surface area contributed by atoms with Crippen LogP contribution in [-0.4, -0.2) is 29.2 Å². The van der Waals surface area contributed by atoms with E-state index < -0.39 is 0 Å². The van der Waals surface area contributed by atoms with Crippen molar-refractivity contribution in [3.8, 4) is 0 Å². The molecule has 92 valence electrons. The number of rotatable bonds is 7. The van der Waals surface area contributed by atoms with Crippen LogP contribution in [0.4, 0.5) is 0 Å². The SMILES string of the molecule is CCOCC(NCc1nc[nH]c1C)C(C)C. The van der Waals surface area contributed by atoms with Gasteiger partial charge in [-0.15, -0.1) is 0 Å². The molecule has 0 radical (unpaired) electrons. The van der Waals surface area contributed by atoms with Crippen molar-refractivity contribution in [2.75, 3.05) is 13.2 Å². The maximum atomic E-state index is 5.47. The van der Waals surface area contributed by atoms with Crippen molar-refractivity contribution < 1.29 is 4.74 Å². The van der Waals surface area contributed by atoms with Gasteiger partial charge in [-0.25, -0.2) is 4.98 Å². The largest absolute Gasteiger partial charge is 0.380 e. The highest BCUT2D eigenvalue weighted by molar-refractivity contribution is 5.08. The molecule has 0 aliphatic carbocycles. The molecule has 0 bridgehead atoms. The van der Waals surface area contributed by atoms with Crippen molar-refractivity contribution in [1.29, 1.82) is 0 Å². The molecule has 0 aromatic carbocycles. The van der Waals surface area contributed by atoms with Crippen molar-refractivity contribution in [2.45, 2.75) is 40.3 Å². The Morgan fingerprint density at radius 3 is 2.75 bits per heavy atom. The minimum Gasteiger partial charge on any atom is -0.380 e. The van der Waals surface area contributed by atoms with Crippen molar-refractivity contribution in [2.24, 2.45) is 5.92 Å². The van der Waals surface area contributed by atoms with Gasteiger partial charge in [0.1, 0.15) is 0 Å². The highest BCUT2D eigenvalue weighted by Gasteiger charge is 2.13. The summed E-state index contributed by atoms with van der Waals surface area (Å²) >= 11 is 0. The standard InChI is InChI=1S/C12H23N3O/c1-5-16-7-12(9(2)3)13-6-11-10(4)14-8-15-11/h8-9,12-13H,5-7H2,1-4H3,(H,14,15). The third-order valence-electron chi connectivity index (χ3n) is 2.77. The summed E-state index contributed by atoms with van der Waals surface area (Å²) in [4.78, 5) is 7.35. The molecular weight excluding hydrogens is 202 g/mol. The summed E-state index contributed by atoms with van der Waals surface area (Å²) in [5, 5.41) is 3.49. The number of nitrogens with one attached hydrogen (secondary N) is 2. The summed E-state index contributed by atoms with van der Waals surface area (Å²) in [7, 11) is 0. The summed E-state index contributed by atoms with van der Waals surface area (Å²) in [6.07, 6.45) is 1.74. The number of aryl methyl sites for hydroxylation is 1. The Hall–Kier alpha value is -0.870. The molecule has 0 spiro atoms. The van der Waals surface area contributed by atoms with E-state index in [1.807, 2.05) is 13.8 Å². The average Bonchev–Trinajstić information content (AvgIpc) is 2.64. The molecule has 1 aromatic rings. The van der Waals surface area contributed by atoms with Gasteiger partial charge < -0.3 is 15.0 Å². The number of ether oxygens (including phenoxy) is 1. The van der Waals surface area contributed by atoms with Gasteiger partial charge in [0.2, 0.25) is 0 Å². The second-order valence-electron chi connectivity index (χ2n) is 4.37. The predicted molar refractivity (Wildman–Crippen MR) is 65.3 cm³/mol. The number of hydrogen-bond donors (Lipinski definition) is 2. The van der Waals surface area contributed by atoms with Crippen LogP contribution in [0.2, 0.25) is 0 Å². The van der Waals surface area contributed by atoms with E-state index in [-0.39, 0.29) is 0 Å². The van der Waals surface area contributed by atoms with E-state index in [9.17, 15) is 0 Å². The molecule has 4 heteroatoms. The highest BCUT2D eigenvalue weighted by Crippen LogP contribution is 2.05. The molecule has 4 nitrogen and oxygen atoms in total. The van der Waals surface area contributed by atoms with Gasteiger partial charge in [-0.1, -0.05) is 13.8 Å². The number of aromatic nitrogens is 2. The number of hydrogen-bond acceptors (Lipinski definition) is 3. The zero-order chi connectivity index (χ0) is 12.0. The van der Waals surface area contributed by atoms with E-state index in [0.29, 0.717) is 12.0 Å². The Balaban J connectivity index is 2.40. The summed E-state index contributed by atoms with van der Waals surface area (Å²) in [6, 6.07) is 0.385. The van der Waals surface area contributed by atoms with E-state index in [4.69, 9.17) is 4.74 Å². The first-order chi connectivity index (χ1) is 7.65. The zero-order valence-corrected chi connectivity index (χ0v) is 10.7. The first-order valence-corrected chi connectivity index (χ1v) is 5.95. The van der Waals surface area contributed by atoms with Crippen LogP contribution in [0.25, 0.3) is 0 Å². The summed E-state index contributed by atoms with van der Waals surface area (Å²) in [5.74, 6) is 0.561. The Kier molecular flexibility index (Phi) is 5.49. The van der Waals surface area contributed by atoms with Gasteiger partial charge in [-0.2, -0.15) is 0 Å². The molecule has 0 amide bonds. The van der Waals surface area contributed by atoms with Crippen LogP contribution in [0.15, 0.2) is 6.33 Å². The monoisotopic (exact) mass is 225 g/mol. The molecule has 0 saturated carbocycles. The summed E-state index contributed by atoms with van der Waals surface area (Å²) in [6.45, 7) is 10.8. The predicted octanol–water partition coefficient (Wildman–Crippen LogP) is 1.87. The molecule has 1 unspecified atom stereocenters. The van der Waals surface area contributed by atoms with Gasteiger partial charge in [-0.3, -0.25) is 0 Å². The molecule has 1 aromatic heterocycles. The van der Waals surface area contributed by atoms with E-state index in [1.54, 1.807) is 6.33 Å². The Morgan fingerprint density at radius 1 is 1.50 bits per heavy atom. The van der Waals surface area contributed by atoms with Gasteiger partial charge in [0, 0.05) is 24.9 Å². The smallest absolute Gasteiger partial charge is 0.0925 e. The van der Waals surface area contributed by atoms with Crippen LogP contribution in [0, 0.1) is 12.8 Å². The zero-order valence-electron chi connectivity index (χ0n) is 10.7. The topological polar surface area (TPSA) is 49.9 Å². The Morgan fingerprint density at radius 2 is 2.25 bits per heavy atom. The molecule has 1 heterocycles. The van der Waals surface area contributed by atoms with E-state index >= 15 is 0 Å². The molecule has 0 fully saturated rings. The fourth-order valence-electron chi connectivity index (χ4n) is 1.53. The van der Waals surface area contributed by atoms with Crippen LogP contribution in [0.5, 0.6) is 0 Å². The molecule has 0 aliphatic heterocycles. The lowest BCUT2D eigenvalue weighted by Crippen LogP contribution is -2.37. The first kappa shape index (κ1) is 13.2. The normalized spacial score (nSPS) is 13.3. The third-order valence-corrected chi connectivity index (χ3v) is 2.77. The van der Waals surface area contributed by atoms with Gasteiger partial charge in [0.05, 0.1) is 18.6 Å². The van der Waals surface area contributed by atoms with Gasteiger partial charge in [0.15, 0.2) is 0 Å². The van der Waals surface area contributed by atoms with E-state index in [2.05, 4.69) is 29.1 Å². The van der Waals surface area contributed by atoms with Crippen LogP contribution in [0.3, 0.4) is 0 Å². The van der Waals surface area contributed by atoms with Crippen molar-refractivity contribution in [3.05, 3.63) is 17.7 Å². The van der Waals surface area contributed by atoms with Crippen LogP contribution in [0.1, 0.15) is 32.2 Å². The molecule has 16 heavy (non-hydrogen) atoms. The van der Waals surface area contributed by atoms with Gasteiger partial charge >= 0.3 is 0 Å². The lowest BCUT2D eigenvalue weighted by Gasteiger charge is -2.21. The van der Waals surface area contributed by atoms with Crippen LogP contribution >= 0.6 is 0 Å². The second kappa shape index (κ2) is 6.66. The Labute approximate surface area is 97.8 Å². The van der Waals surface area contributed by atoms with Crippen molar-refractivity contribution in [1.82, 2.24) is 15.3 Å². The third kappa shape index (κ3) is 3.94. The second-order valence-corrected chi connectivity index (χ2v) is 4.37. The fourth-order valence-corrected chi connectivity index (χ4v) is 1.53. The molecule has 1 rings (SSSR count). The van der Waals surface area contributed by atoms with Crippen molar-refractivity contribution in [3.63, 3.8) is 0 Å². The molecule has 1 atom stereocenters. The average molecular weight is 225 g/mol.